The van der Waals surface area contributed by atoms with Gasteiger partial charge in [0.1, 0.15) is 11.3 Å². The molecule has 0 spiro atoms. The second kappa shape index (κ2) is 11.1. The molecule has 0 atom stereocenters. The molecule has 0 aliphatic carbocycles. The number of nitrogens with zero attached hydrogens (tertiary/aromatic N) is 3. The van der Waals surface area contributed by atoms with Crippen LogP contribution in [0.25, 0.3) is 11.1 Å². The van der Waals surface area contributed by atoms with Gasteiger partial charge < -0.3 is 13.9 Å². The lowest BCUT2D eigenvalue weighted by Gasteiger charge is -2.38. The fraction of sp³-hybridized carbons (Fsp3) is 0.111. The molecule has 0 unspecified atom stereocenters. The molecule has 4 aromatic carbocycles. The van der Waals surface area contributed by atoms with Gasteiger partial charge in [-0.25, -0.2) is 4.98 Å². The highest BCUT2D eigenvalue weighted by Gasteiger charge is 2.39. The zero-order valence-electron chi connectivity index (χ0n) is 23.1. The summed E-state index contributed by atoms with van der Waals surface area (Å²) in [6.45, 7) is 2.44. The monoisotopic (exact) mass is 537 g/mol. The second-order valence-corrected chi connectivity index (χ2v) is 10.0. The number of pyridine rings is 1. The van der Waals surface area contributed by atoms with E-state index in [4.69, 9.17) is 9.72 Å². The van der Waals surface area contributed by atoms with Crippen LogP contribution in [-0.4, -0.2) is 21.2 Å². The summed E-state index contributed by atoms with van der Waals surface area (Å²) >= 11 is 0. The first kappa shape index (κ1) is 26.1. The number of methoxy groups -OCH3 is 1. The molecule has 5 heteroatoms. The van der Waals surface area contributed by atoms with E-state index in [9.17, 15) is 4.79 Å². The lowest BCUT2D eigenvalue weighted by atomic mass is 9.76. The van der Waals surface area contributed by atoms with Crippen molar-refractivity contribution in [3.63, 3.8) is 0 Å². The fourth-order valence-corrected chi connectivity index (χ4v) is 5.71. The van der Waals surface area contributed by atoms with Crippen molar-refractivity contribution in [3.8, 4) is 16.9 Å². The highest BCUT2D eigenvalue weighted by molar-refractivity contribution is 5.63. The molecule has 6 rings (SSSR count). The van der Waals surface area contributed by atoms with Gasteiger partial charge in [-0.1, -0.05) is 103 Å². The minimum atomic E-state index is -0.658. The molecule has 2 heterocycles. The molecule has 6 aromatic rings. The third-order valence-electron chi connectivity index (χ3n) is 7.79. The number of rotatable bonds is 8. The van der Waals surface area contributed by atoms with E-state index >= 15 is 0 Å². The predicted molar refractivity (Wildman–Crippen MR) is 163 cm³/mol. The molecule has 0 saturated carbocycles. The van der Waals surface area contributed by atoms with Gasteiger partial charge in [0, 0.05) is 17.5 Å². The van der Waals surface area contributed by atoms with Gasteiger partial charge in [0.15, 0.2) is 0 Å². The summed E-state index contributed by atoms with van der Waals surface area (Å²) in [5.74, 6) is 0.755. The Morgan fingerprint density at radius 1 is 0.707 bits per heavy atom. The summed E-state index contributed by atoms with van der Waals surface area (Å²) in [6, 6.07) is 42.9. The molecule has 0 N–H and O–H groups in total. The minimum Gasteiger partial charge on any atom is -0.497 e. The molecule has 0 bridgehead atoms. The first-order chi connectivity index (χ1) is 20.1. The van der Waals surface area contributed by atoms with E-state index in [-0.39, 0.29) is 5.56 Å². The molecule has 5 nitrogen and oxygen atoms in total. The van der Waals surface area contributed by atoms with Crippen LogP contribution in [0.3, 0.4) is 0 Å². The Labute approximate surface area is 240 Å². The molecule has 0 saturated heterocycles. The quantitative estimate of drug-likeness (QED) is 0.198. The number of hydrogen-bond acceptors (Lipinski definition) is 3. The van der Waals surface area contributed by atoms with E-state index < -0.39 is 5.54 Å². The zero-order chi connectivity index (χ0) is 28.2. The molecule has 0 amide bonds. The van der Waals surface area contributed by atoms with E-state index in [0.717, 1.165) is 39.4 Å². The van der Waals surface area contributed by atoms with Crippen molar-refractivity contribution >= 4 is 0 Å². The van der Waals surface area contributed by atoms with E-state index in [1.807, 2.05) is 67.1 Å². The highest BCUT2D eigenvalue weighted by atomic mass is 16.5. The van der Waals surface area contributed by atoms with Gasteiger partial charge in [-0.2, -0.15) is 0 Å². The van der Waals surface area contributed by atoms with Crippen molar-refractivity contribution in [1.82, 2.24) is 14.1 Å². The summed E-state index contributed by atoms with van der Waals surface area (Å²) in [6.07, 6.45) is 3.74. The smallest absolute Gasteiger partial charge is 0.258 e. The van der Waals surface area contributed by atoms with Crippen LogP contribution in [0.1, 0.15) is 28.1 Å². The Balaban J connectivity index is 1.49. The third-order valence-corrected chi connectivity index (χ3v) is 7.79. The summed E-state index contributed by atoms with van der Waals surface area (Å²) in [7, 11) is 1.63. The van der Waals surface area contributed by atoms with Gasteiger partial charge in [-0.05, 0) is 53.4 Å². The Hall–Kier alpha value is -5.16. The summed E-state index contributed by atoms with van der Waals surface area (Å²) in [4.78, 5) is 18.5. The third kappa shape index (κ3) is 4.66. The highest BCUT2D eigenvalue weighted by Crippen LogP contribution is 2.41. The van der Waals surface area contributed by atoms with Gasteiger partial charge in [-0.15, -0.1) is 0 Å². The second-order valence-electron chi connectivity index (χ2n) is 10.0. The van der Waals surface area contributed by atoms with Gasteiger partial charge >= 0.3 is 0 Å². The van der Waals surface area contributed by atoms with Crippen LogP contribution < -0.4 is 10.3 Å². The minimum absolute atomic E-state index is 0.0629. The summed E-state index contributed by atoms with van der Waals surface area (Å²) in [5.41, 5.74) is 5.98. The van der Waals surface area contributed by atoms with Crippen LogP contribution in [0.2, 0.25) is 0 Å². The standard InChI is InChI=1S/C36H31N3O2/c1-27-34(25-38-24-12-19-33(35(38)40)28-20-22-32(41-2)23-21-28)37-26-39(27)36(29-13-6-3-7-14-29,30-15-8-4-9-16-30)31-17-10-5-11-18-31/h3-24,26H,25H2,1-2H3. The number of ether oxygens (including phenoxy) is 1. The molecule has 41 heavy (non-hydrogen) atoms. The first-order valence-electron chi connectivity index (χ1n) is 13.7. The van der Waals surface area contributed by atoms with E-state index in [0.29, 0.717) is 12.1 Å². The van der Waals surface area contributed by atoms with Crippen LogP contribution >= 0.6 is 0 Å². The molecule has 202 valence electrons. The molecule has 0 aliphatic heterocycles. The SMILES string of the molecule is COc1ccc(-c2cccn(Cc3ncn(C(c4ccccc4)(c4ccccc4)c4ccccc4)c3C)c2=O)cc1. The molecule has 0 aliphatic rings. The van der Waals surface area contributed by atoms with Gasteiger partial charge in [0.2, 0.25) is 0 Å². The van der Waals surface area contributed by atoms with Crippen LogP contribution in [0.15, 0.2) is 145 Å². The van der Waals surface area contributed by atoms with Gasteiger partial charge in [-0.3, -0.25) is 4.79 Å². The average Bonchev–Trinajstić information content (AvgIpc) is 3.40. The van der Waals surface area contributed by atoms with Crippen LogP contribution in [0.4, 0.5) is 0 Å². The van der Waals surface area contributed by atoms with Gasteiger partial charge in [0.05, 0.1) is 25.7 Å². The number of benzene rings is 4. The lowest BCUT2D eigenvalue weighted by Crippen LogP contribution is -2.38. The normalized spacial score (nSPS) is 11.4. The maximum absolute atomic E-state index is 13.6. The van der Waals surface area contributed by atoms with Crippen molar-refractivity contribution in [2.24, 2.45) is 0 Å². The van der Waals surface area contributed by atoms with Crippen molar-refractivity contribution in [2.45, 2.75) is 19.0 Å². The van der Waals surface area contributed by atoms with Crippen LogP contribution in [0.5, 0.6) is 5.75 Å². The Kier molecular flexibility index (Phi) is 7.09. The van der Waals surface area contributed by atoms with Crippen LogP contribution in [-0.2, 0) is 12.1 Å². The first-order valence-corrected chi connectivity index (χ1v) is 13.7. The maximum atomic E-state index is 13.6. The van der Waals surface area contributed by atoms with Crippen molar-refractivity contribution in [2.75, 3.05) is 7.11 Å². The lowest BCUT2D eigenvalue weighted by molar-refractivity contribution is 0.415. The molecule has 0 fully saturated rings. The number of aromatic nitrogens is 3. The maximum Gasteiger partial charge on any atom is 0.258 e. The largest absolute Gasteiger partial charge is 0.497 e. The fourth-order valence-electron chi connectivity index (χ4n) is 5.71. The van der Waals surface area contributed by atoms with E-state index in [2.05, 4.69) is 84.3 Å². The number of hydrogen-bond donors (Lipinski definition) is 0. The topological polar surface area (TPSA) is 49.0 Å². The van der Waals surface area contributed by atoms with Crippen molar-refractivity contribution in [3.05, 3.63) is 178 Å². The molecule has 2 aromatic heterocycles. The Morgan fingerprint density at radius 2 is 1.24 bits per heavy atom. The average molecular weight is 538 g/mol. The summed E-state index contributed by atoms with van der Waals surface area (Å²) in [5, 5.41) is 0. The number of imidazole rings is 1. The van der Waals surface area contributed by atoms with Crippen LogP contribution in [0, 0.1) is 6.92 Å². The Bertz CT molecular complexity index is 1710. The van der Waals surface area contributed by atoms with E-state index in [1.54, 1.807) is 11.7 Å². The summed E-state index contributed by atoms with van der Waals surface area (Å²) < 4.78 is 9.26. The predicted octanol–water partition coefficient (Wildman–Crippen LogP) is 6.92. The molecular formula is C36H31N3O2. The van der Waals surface area contributed by atoms with Crippen molar-refractivity contribution < 1.29 is 4.74 Å². The Morgan fingerprint density at radius 3 is 1.76 bits per heavy atom. The van der Waals surface area contributed by atoms with Gasteiger partial charge in [0.25, 0.3) is 5.56 Å². The van der Waals surface area contributed by atoms with Crippen molar-refractivity contribution in [1.29, 1.82) is 0 Å². The molecule has 0 radical (unpaired) electrons. The molecular weight excluding hydrogens is 506 g/mol. The zero-order valence-corrected chi connectivity index (χ0v) is 23.1. The van der Waals surface area contributed by atoms with E-state index in [1.165, 1.54) is 0 Å².